The number of thiophene rings is 1. The number of hydrogen-bond acceptors (Lipinski definition) is 6. The van der Waals surface area contributed by atoms with Crippen molar-refractivity contribution in [3.05, 3.63) is 47.7 Å². The Morgan fingerprint density at radius 1 is 1.32 bits per heavy atom. The largest absolute Gasteiger partial charge is 0.404 e. The highest BCUT2D eigenvalue weighted by Gasteiger charge is 2.10. The van der Waals surface area contributed by atoms with Crippen molar-refractivity contribution in [2.24, 2.45) is 10.7 Å². The van der Waals surface area contributed by atoms with Gasteiger partial charge in [-0.15, -0.1) is 11.3 Å². The highest BCUT2D eigenvalue weighted by atomic mass is 32.1. The predicted octanol–water partition coefficient (Wildman–Crippen LogP) is 2.94. The third kappa shape index (κ3) is 2.56. The average Bonchev–Trinajstić information content (AvgIpc) is 2.95. The van der Waals surface area contributed by atoms with Gasteiger partial charge in [0.1, 0.15) is 5.82 Å². The molecule has 110 valence electrons. The Hall–Kier alpha value is -2.73. The fourth-order valence-electron chi connectivity index (χ4n) is 2.23. The molecule has 22 heavy (non-hydrogen) atoms. The van der Waals surface area contributed by atoms with Crippen molar-refractivity contribution in [3.63, 3.8) is 0 Å². The molecule has 0 atom stereocenters. The van der Waals surface area contributed by atoms with Crippen molar-refractivity contribution in [2.45, 2.75) is 0 Å². The third-order valence-corrected chi connectivity index (χ3v) is 4.19. The van der Waals surface area contributed by atoms with Crippen LogP contribution in [-0.2, 0) is 0 Å². The van der Waals surface area contributed by atoms with E-state index >= 15 is 0 Å². The predicted molar refractivity (Wildman–Crippen MR) is 93.8 cm³/mol. The lowest BCUT2D eigenvalue weighted by Crippen LogP contribution is -1.95. The van der Waals surface area contributed by atoms with E-state index in [9.17, 15) is 0 Å². The van der Waals surface area contributed by atoms with Crippen LogP contribution in [0, 0.1) is 0 Å². The normalized spacial score (nSPS) is 12.3. The molecule has 0 bridgehead atoms. The number of fused-ring (bicyclic) bond motifs is 1. The summed E-state index contributed by atoms with van der Waals surface area (Å²) < 4.78 is 1.11. The van der Waals surface area contributed by atoms with E-state index in [-0.39, 0.29) is 0 Å². The van der Waals surface area contributed by atoms with E-state index in [4.69, 9.17) is 16.5 Å². The Bertz CT molecular complexity index is 879. The monoisotopic (exact) mass is 309 g/mol. The van der Waals surface area contributed by atoms with Gasteiger partial charge in [0.05, 0.1) is 15.9 Å². The zero-order valence-corrected chi connectivity index (χ0v) is 12.8. The molecule has 0 saturated carbocycles. The van der Waals surface area contributed by atoms with Crippen molar-refractivity contribution in [2.75, 3.05) is 12.8 Å². The Labute approximate surface area is 132 Å². The van der Waals surface area contributed by atoms with Crippen LogP contribution >= 0.6 is 11.3 Å². The van der Waals surface area contributed by atoms with E-state index in [0.29, 0.717) is 5.82 Å². The highest BCUT2D eigenvalue weighted by molar-refractivity contribution is 7.17. The fraction of sp³-hybridized carbons (Fsp3) is 0.0625. The van der Waals surface area contributed by atoms with E-state index in [2.05, 4.69) is 15.4 Å². The van der Waals surface area contributed by atoms with Crippen molar-refractivity contribution in [1.82, 2.24) is 9.97 Å². The molecule has 4 N–H and O–H groups in total. The van der Waals surface area contributed by atoms with Crippen LogP contribution in [0.2, 0.25) is 0 Å². The van der Waals surface area contributed by atoms with Gasteiger partial charge in [0.25, 0.3) is 0 Å². The Kier molecular flexibility index (Phi) is 3.84. The summed E-state index contributed by atoms with van der Waals surface area (Å²) in [5.74, 6) is 0.494. The molecule has 0 spiro atoms. The number of aliphatic imine (C=N–C) groups is 1. The number of rotatable bonds is 3. The number of nitrogens with two attached hydrogens (primary N) is 2. The molecule has 0 unspecified atom stereocenters. The van der Waals surface area contributed by atoms with Crippen molar-refractivity contribution in [1.29, 1.82) is 0 Å². The van der Waals surface area contributed by atoms with Crippen molar-refractivity contribution in [3.8, 4) is 11.1 Å². The summed E-state index contributed by atoms with van der Waals surface area (Å²) in [7, 11) is 1.71. The van der Waals surface area contributed by atoms with Gasteiger partial charge in [-0.3, -0.25) is 4.99 Å². The molecular weight excluding hydrogens is 294 g/mol. The van der Waals surface area contributed by atoms with E-state index in [1.54, 1.807) is 30.8 Å². The fourth-order valence-corrected chi connectivity index (χ4v) is 3.13. The highest BCUT2D eigenvalue weighted by Crippen LogP contribution is 2.33. The van der Waals surface area contributed by atoms with Gasteiger partial charge >= 0.3 is 0 Å². The molecule has 6 heteroatoms. The van der Waals surface area contributed by atoms with Crippen LogP contribution in [0.1, 0.15) is 5.69 Å². The van der Waals surface area contributed by atoms with Gasteiger partial charge in [-0.05, 0) is 29.8 Å². The lowest BCUT2D eigenvalue weighted by molar-refractivity contribution is 1.33. The van der Waals surface area contributed by atoms with Crippen LogP contribution in [-0.4, -0.2) is 23.2 Å². The molecule has 3 heterocycles. The number of hydrogen-bond donors (Lipinski definition) is 2. The first kappa shape index (κ1) is 14.2. The minimum absolute atomic E-state index is 0.494. The molecule has 3 aromatic rings. The standard InChI is InChI=1S/C16H15N5S/c1-19-8-11(7-17)13-2-3-14-16(21-13)12(9-22-14)10-4-5-20-15(18)6-10/h2-9H,17H2,1H3,(H2,18,20)/b11-7+,19-8?. The van der Waals surface area contributed by atoms with Gasteiger partial charge in [0.2, 0.25) is 0 Å². The zero-order chi connectivity index (χ0) is 15.5. The minimum atomic E-state index is 0.494. The second-order valence-corrected chi connectivity index (χ2v) is 5.58. The number of nitrogens with zero attached hydrogens (tertiary/aromatic N) is 3. The van der Waals surface area contributed by atoms with E-state index < -0.39 is 0 Å². The molecule has 0 saturated heterocycles. The maximum absolute atomic E-state index is 5.78. The number of anilines is 1. The van der Waals surface area contributed by atoms with Crippen molar-refractivity contribution < 1.29 is 0 Å². The van der Waals surface area contributed by atoms with Gasteiger partial charge in [-0.2, -0.15) is 0 Å². The summed E-state index contributed by atoms with van der Waals surface area (Å²) >= 11 is 1.65. The van der Waals surface area contributed by atoms with Crippen LogP contribution in [0.4, 0.5) is 5.82 Å². The summed E-state index contributed by atoms with van der Waals surface area (Å²) in [5.41, 5.74) is 16.0. The summed E-state index contributed by atoms with van der Waals surface area (Å²) in [6.45, 7) is 0. The maximum Gasteiger partial charge on any atom is 0.123 e. The van der Waals surface area contributed by atoms with Gasteiger partial charge in [-0.1, -0.05) is 0 Å². The Morgan fingerprint density at radius 2 is 2.18 bits per heavy atom. The Morgan fingerprint density at radius 3 is 2.91 bits per heavy atom. The molecule has 0 radical (unpaired) electrons. The lowest BCUT2D eigenvalue weighted by atomic mass is 10.1. The quantitative estimate of drug-likeness (QED) is 0.728. The van der Waals surface area contributed by atoms with Gasteiger partial charge < -0.3 is 11.5 Å². The van der Waals surface area contributed by atoms with E-state index in [1.807, 2.05) is 24.3 Å². The maximum atomic E-state index is 5.78. The average molecular weight is 309 g/mol. The first-order valence-electron chi connectivity index (χ1n) is 6.67. The number of aromatic nitrogens is 2. The molecule has 3 rings (SSSR count). The van der Waals surface area contributed by atoms with E-state index in [0.717, 1.165) is 32.6 Å². The third-order valence-electron chi connectivity index (χ3n) is 3.25. The SMILES string of the molecule is CN=C/C(=C\N)c1ccc2scc(-c3ccnc(N)c3)c2n1. The number of nitrogen functional groups attached to an aromatic ring is 1. The minimum Gasteiger partial charge on any atom is -0.404 e. The van der Waals surface area contributed by atoms with Gasteiger partial charge in [0.15, 0.2) is 0 Å². The second kappa shape index (κ2) is 5.95. The van der Waals surface area contributed by atoms with Crippen molar-refractivity contribution >= 4 is 39.2 Å². The molecule has 0 aliphatic carbocycles. The molecule has 0 amide bonds. The molecule has 0 aliphatic heterocycles. The lowest BCUT2D eigenvalue weighted by Gasteiger charge is -2.03. The molecule has 0 fully saturated rings. The summed E-state index contributed by atoms with van der Waals surface area (Å²) in [5, 5.41) is 2.08. The smallest absolute Gasteiger partial charge is 0.123 e. The Balaban J connectivity index is 2.17. The summed E-state index contributed by atoms with van der Waals surface area (Å²) in [4.78, 5) is 12.8. The second-order valence-electron chi connectivity index (χ2n) is 4.67. The molecular formula is C16H15N5S. The van der Waals surface area contributed by atoms with Crippen LogP contribution in [0.5, 0.6) is 0 Å². The van der Waals surface area contributed by atoms with Crippen LogP contribution in [0.15, 0.2) is 47.0 Å². The van der Waals surface area contributed by atoms with Crippen LogP contribution in [0.3, 0.4) is 0 Å². The molecule has 3 aromatic heterocycles. The van der Waals surface area contributed by atoms with Crippen LogP contribution < -0.4 is 11.5 Å². The first-order valence-corrected chi connectivity index (χ1v) is 7.55. The van der Waals surface area contributed by atoms with E-state index in [1.165, 1.54) is 6.20 Å². The summed E-state index contributed by atoms with van der Waals surface area (Å²) in [6, 6.07) is 7.77. The molecule has 0 aromatic carbocycles. The number of allylic oxidation sites excluding steroid dienone is 1. The number of pyridine rings is 2. The molecule has 5 nitrogen and oxygen atoms in total. The zero-order valence-electron chi connectivity index (χ0n) is 12.0. The summed E-state index contributed by atoms with van der Waals surface area (Å²) in [6.07, 6.45) is 4.91. The topological polar surface area (TPSA) is 90.2 Å². The van der Waals surface area contributed by atoms with Gasteiger partial charge in [0, 0.05) is 42.2 Å². The first-order chi connectivity index (χ1) is 10.7. The van der Waals surface area contributed by atoms with Crippen LogP contribution in [0.25, 0.3) is 26.9 Å². The molecule has 0 aliphatic rings. The van der Waals surface area contributed by atoms with Gasteiger partial charge in [-0.25, -0.2) is 9.97 Å².